The predicted molar refractivity (Wildman–Crippen MR) is 60.2 cm³/mol. The first-order valence-electron chi connectivity index (χ1n) is 5.37. The summed E-state index contributed by atoms with van der Waals surface area (Å²) in [7, 11) is 1.92. The first-order valence-corrected chi connectivity index (χ1v) is 5.37. The topological polar surface area (TPSA) is 58.6 Å². The van der Waals surface area contributed by atoms with Crippen molar-refractivity contribution in [2.75, 3.05) is 20.2 Å². The van der Waals surface area contributed by atoms with Crippen molar-refractivity contribution in [1.82, 2.24) is 5.32 Å². The van der Waals surface area contributed by atoms with Crippen molar-refractivity contribution in [2.45, 2.75) is 12.3 Å². The highest BCUT2D eigenvalue weighted by molar-refractivity contribution is 5.88. The Hall–Kier alpha value is -1.55. The molecular formula is C12H15NO3. The third-order valence-electron chi connectivity index (χ3n) is 2.87. The molecule has 2 rings (SSSR count). The summed E-state index contributed by atoms with van der Waals surface area (Å²) in [5.74, 6) is 0.213. The Balaban J connectivity index is 2.32. The Morgan fingerprint density at radius 2 is 2.44 bits per heavy atom. The number of ether oxygens (including phenoxy) is 1. The summed E-state index contributed by atoms with van der Waals surface area (Å²) in [5.41, 5.74) is 1.38. The number of carboxylic acids is 1. The minimum Gasteiger partial charge on any atom is -0.493 e. The van der Waals surface area contributed by atoms with Crippen LogP contribution in [0.3, 0.4) is 0 Å². The maximum absolute atomic E-state index is 10.8. The van der Waals surface area contributed by atoms with E-state index in [9.17, 15) is 4.79 Å². The first-order chi connectivity index (χ1) is 7.72. The van der Waals surface area contributed by atoms with Crippen molar-refractivity contribution in [3.63, 3.8) is 0 Å². The highest BCUT2D eigenvalue weighted by atomic mass is 16.5. The van der Waals surface area contributed by atoms with E-state index >= 15 is 0 Å². The molecule has 0 saturated carbocycles. The van der Waals surface area contributed by atoms with Gasteiger partial charge >= 0.3 is 5.97 Å². The van der Waals surface area contributed by atoms with Gasteiger partial charge in [0.25, 0.3) is 0 Å². The number of hydrogen-bond donors (Lipinski definition) is 2. The minimum atomic E-state index is -0.915. The molecule has 1 aromatic rings. The second kappa shape index (κ2) is 4.53. The fourth-order valence-electron chi connectivity index (χ4n) is 2.05. The largest absolute Gasteiger partial charge is 0.493 e. The quantitative estimate of drug-likeness (QED) is 0.811. The molecule has 1 unspecified atom stereocenters. The number of carbonyl (C=O) groups is 1. The minimum absolute atomic E-state index is 0.281. The number of likely N-dealkylation sites (N-methyl/N-ethyl adjacent to an activating group) is 1. The Morgan fingerprint density at radius 1 is 1.62 bits per heavy atom. The van der Waals surface area contributed by atoms with Crippen LogP contribution in [0.5, 0.6) is 5.75 Å². The number of fused-ring (bicyclic) bond motifs is 1. The summed E-state index contributed by atoms with van der Waals surface area (Å²) < 4.78 is 5.50. The van der Waals surface area contributed by atoms with Crippen LogP contribution in [0.1, 0.15) is 28.3 Å². The average Bonchev–Trinajstić information content (AvgIpc) is 2.29. The SMILES string of the molecule is CNCC1CCOc2cc(C(=O)O)ccc21. The molecule has 0 aliphatic carbocycles. The lowest BCUT2D eigenvalue weighted by molar-refractivity contribution is 0.0696. The van der Waals surface area contributed by atoms with Gasteiger partial charge in [-0.15, -0.1) is 0 Å². The fourth-order valence-corrected chi connectivity index (χ4v) is 2.05. The molecule has 4 nitrogen and oxygen atoms in total. The Morgan fingerprint density at radius 3 is 3.12 bits per heavy atom. The van der Waals surface area contributed by atoms with Crippen molar-refractivity contribution in [3.8, 4) is 5.75 Å². The Kier molecular flexibility index (Phi) is 3.10. The van der Waals surface area contributed by atoms with E-state index in [-0.39, 0.29) is 5.56 Å². The smallest absolute Gasteiger partial charge is 0.335 e. The number of rotatable bonds is 3. The molecule has 0 fully saturated rings. The van der Waals surface area contributed by atoms with Gasteiger partial charge in [-0.05, 0) is 31.2 Å². The van der Waals surface area contributed by atoms with Crippen LogP contribution in [0.15, 0.2) is 18.2 Å². The third-order valence-corrected chi connectivity index (χ3v) is 2.87. The zero-order chi connectivity index (χ0) is 11.5. The molecule has 86 valence electrons. The van der Waals surface area contributed by atoms with E-state index in [2.05, 4.69) is 5.32 Å². The van der Waals surface area contributed by atoms with Crippen LogP contribution in [0.2, 0.25) is 0 Å². The highest BCUT2D eigenvalue weighted by Crippen LogP contribution is 2.33. The van der Waals surface area contributed by atoms with Gasteiger partial charge in [0.05, 0.1) is 12.2 Å². The van der Waals surface area contributed by atoms with E-state index in [0.29, 0.717) is 18.3 Å². The van der Waals surface area contributed by atoms with Crippen molar-refractivity contribution in [3.05, 3.63) is 29.3 Å². The zero-order valence-electron chi connectivity index (χ0n) is 9.19. The second-order valence-electron chi connectivity index (χ2n) is 3.95. The van der Waals surface area contributed by atoms with E-state index < -0.39 is 5.97 Å². The standard InChI is InChI=1S/C12H15NO3/c1-13-7-9-4-5-16-11-6-8(12(14)15)2-3-10(9)11/h2-3,6,9,13H,4-5,7H2,1H3,(H,14,15). The molecule has 1 aliphatic heterocycles. The van der Waals surface area contributed by atoms with Crippen molar-refractivity contribution >= 4 is 5.97 Å². The monoisotopic (exact) mass is 221 g/mol. The van der Waals surface area contributed by atoms with Crippen LogP contribution in [-0.2, 0) is 0 Å². The molecular weight excluding hydrogens is 206 g/mol. The molecule has 0 amide bonds. The van der Waals surface area contributed by atoms with Gasteiger partial charge in [0.2, 0.25) is 0 Å². The lowest BCUT2D eigenvalue weighted by Gasteiger charge is -2.25. The van der Waals surface area contributed by atoms with Gasteiger partial charge in [-0.25, -0.2) is 4.79 Å². The molecule has 2 N–H and O–H groups in total. The van der Waals surface area contributed by atoms with E-state index in [1.54, 1.807) is 12.1 Å². The number of aromatic carboxylic acids is 1. The molecule has 1 aliphatic rings. The third kappa shape index (κ3) is 2.02. The second-order valence-corrected chi connectivity index (χ2v) is 3.95. The zero-order valence-corrected chi connectivity index (χ0v) is 9.19. The van der Waals surface area contributed by atoms with Crippen LogP contribution >= 0.6 is 0 Å². The van der Waals surface area contributed by atoms with E-state index in [1.165, 1.54) is 0 Å². The molecule has 0 spiro atoms. The summed E-state index contributed by atoms with van der Waals surface area (Å²) in [6.45, 7) is 1.55. The lowest BCUT2D eigenvalue weighted by Crippen LogP contribution is -2.23. The Bertz CT molecular complexity index is 403. The lowest BCUT2D eigenvalue weighted by atomic mass is 9.92. The van der Waals surface area contributed by atoms with E-state index in [0.717, 1.165) is 18.5 Å². The highest BCUT2D eigenvalue weighted by Gasteiger charge is 2.21. The molecule has 1 heterocycles. The van der Waals surface area contributed by atoms with Crippen molar-refractivity contribution in [2.24, 2.45) is 0 Å². The molecule has 1 aromatic carbocycles. The number of nitrogens with one attached hydrogen (secondary N) is 1. The summed E-state index contributed by atoms with van der Waals surface area (Å²) in [6.07, 6.45) is 0.972. The van der Waals surface area contributed by atoms with Crippen LogP contribution in [-0.4, -0.2) is 31.3 Å². The molecule has 0 radical (unpaired) electrons. The van der Waals surface area contributed by atoms with Gasteiger partial charge < -0.3 is 15.2 Å². The summed E-state index contributed by atoms with van der Waals surface area (Å²) in [5, 5.41) is 12.0. The van der Waals surface area contributed by atoms with Crippen LogP contribution in [0.25, 0.3) is 0 Å². The first kappa shape index (κ1) is 11.0. The molecule has 16 heavy (non-hydrogen) atoms. The summed E-state index contributed by atoms with van der Waals surface area (Å²) >= 11 is 0. The van der Waals surface area contributed by atoms with E-state index in [1.807, 2.05) is 13.1 Å². The maximum Gasteiger partial charge on any atom is 0.335 e. The predicted octanol–water partition coefficient (Wildman–Crippen LogP) is 1.47. The van der Waals surface area contributed by atoms with Crippen LogP contribution < -0.4 is 10.1 Å². The molecule has 0 bridgehead atoms. The van der Waals surface area contributed by atoms with Gasteiger partial charge in [0.1, 0.15) is 5.75 Å². The van der Waals surface area contributed by atoms with Gasteiger partial charge in [-0.1, -0.05) is 6.07 Å². The van der Waals surface area contributed by atoms with Crippen molar-refractivity contribution < 1.29 is 14.6 Å². The number of hydrogen-bond acceptors (Lipinski definition) is 3. The van der Waals surface area contributed by atoms with Gasteiger partial charge in [-0.2, -0.15) is 0 Å². The molecule has 0 saturated heterocycles. The number of carboxylic acid groups (broad SMARTS) is 1. The molecule has 4 heteroatoms. The van der Waals surface area contributed by atoms with E-state index in [4.69, 9.17) is 9.84 Å². The van der Waals surface area contributed by atoms with Crippen molar-refractivity contribution in [1.29, 1.82) is 0 Å². The fraction of sp³-hybridized carbons (Fsp3) is 0.417. The normalized spacial score (nSPS) is 18.7. The summed E-state index contributed by atoms with van der Waals surface area (Å²) in [4.78, 5) is 10.8. The molecule has 0 aromatic heterocycles. The van der Waals surface area contributed by atoms with Gasteiger partial charge in [0.15, 0.2) is 0 Å². The van der Waals surface area contributed by atoms with Crippen LogP contribution in [0, 0.1) is 0 Å². The maximum atomic E-state index is 10.8. The summed E-state index contributed by atoms with van der Waals surface area (Å²) in [6, 6.07) is 5.11. The van der Waals surface area contributed by atoms with Crippen LogP contribution in [0.4, 0.5) is 0 Å². The average molecular weight is 221 g/mol. The number of benzene rings is 1. The molecule has 1 atom stereocenters. The Labute approximate surface area is 94.2 Å². The van der Waals surface area contributed by atoms with Gasteiger partial charge in [0, 0.05) is 12.5 Å². The van der Waals surface area contributed by atoms with Gasteiger partial charge in [-0.3, -0.25) is 0 Å².